The Bertz CT molecular complexity index is 1580. The van der Waals surface area contributed by atoms with E-state index in [0.29, 0.717) is 17.2 Å². The second-order valence-electron chi connectivity index (χ2n) is 9.36. The summed E-state index contributed by atoms with van der Waals surface area (Å²) in [5, 5.41) is 8.61. The number of aromatic nitrogens is 3. The van der Waals surface area contributed by atoms with Gasteiger partial charge in [0, 0.05) is 31.1 Å². The third kappa shape index (κ3) is 6.78. The molecule has 0 spiro atoms. The summed E-state index contributed by atoms with van der Waals surface area (Å²) in [5.41, 5.74) is -0.325. The number of benzene rings is 2. The first-order valence-corrected chi connectivity index (χ1v) is 12.8. The van der Waals surface area contributed by atoms with E-state index >= 15 is 0 Å². The number of nitrogens with one attached hydrogen (secondary N) is 2. The van der Waals surface area contributed by atoms with E-state index in [0.717, 1.165) is 35.1 Å². The van der Waals surface area contributed by atoms with Gasteiger partial charge in [-0.25, -0.2) is 13.2 Å². The summed E-state index contributed by atoms with van der Waals surface area (Å²) in [7, 11) is 1.34. The van der Waals surface area contributed by atoms with Crippen LogP contribution < -0.4 is 10.6 Å². The van der Waals surface area contributed by atoms with Crippen LogP contribution in [0.2, 0.25) is 0 Å². The number of hydrogen-bond acceptors (Lipinski definition) is 4. The molecule has 4 aromatic rings. The van der Waals surface area contributed by atoms with Crippen LogP contribution in [0.3, 0.4) is 0 Å². The number of hydrogen-bond donors (Lipinski definition) is 2. The Morgan fingerprint density at radius 3 is 2.33 bits per heavy atom. The smallest absolute Gasteiger partial charge is 0.355 e. The molecule has 220 valence electrons. The zero-order chi connectivity index (χ0) is 30.6. The van der Waals surface area contributed by atoms with Gasteiger partial charge < -0.3 is 10.6 Å². The van der Waals surface area contributed by atoms with Crippen LogP contribution >= 0.6 is 0 Å². The lowest BCUT2D eigenvalue weighted by Gasteiger charge is -2.24. The normalized spacial score (nSPS) is 13.0. The third-order valence-corrected chi connectivity index (χ3v) is 6.50. The first kappa shape index (κ1) is 30.3. The summed E-state index contributed by atoms with van der Waals surface area (Å²) in [6.45, 7) is 1.58. The van der Waals surface area contributed by atoms with Crippen molar-refractivity contribution in [3.63, 3.8) is 0 Å². The molecule has 4 rings (SSSR count). The molecule has 2 aromatic heterocycles. The molecule has 0 aliphatic carbocycles. The minimum Gasteiger partial charge on any atom is -0.355 e. The number of nitrogens with zero attached hydrogens (tertiary/aromatic N) is 3. The van der Waals surface area contributed by atoms with Gasteiger partial charge >= 0.3 is 6.18 Å². The summed E-state index contributed by atoms with van der Waals surface area (Å²) in [6, 6.07) is 8.33. The van der Waals surface area contributed by atoms with E-state index in [1.807, 2.05) is 0 Å². The fourth-order valence-electron chi connectivity index (χ4n) is 4.54. The quantitative estimate of drug-likeness (QED) is 0.242. The average Bonchev–Trinajstić information content (AvgIpc) is 3.43. The lowest BCUT2D eigenvalue weighted by molar-refractivity contribution is -0.142. The van der Waals surface area contributed by atoms with Crippen molar-refractivity contribution in [2.45, 2.75) is 38.0 Å². The maximum atomic E-state index is 14.4. The summed E-state index contributed by atoms with van der Waals surface area (Å²) < 4.78 is 82.9. The topological polar surface area (TPSA) is 88.9 Å². The number of rotatable bonds is 9. The first-order valence-electron chi connectivity index (χ1n) is 12.8. The van der Waals surface area contributed by atoms with Crippen molar-refractivity contribution in [2.75, 3.05) is 7.05 Å². The maximum absolute atomic E-state index is 14.4. The van der Waals surface area contributed by atoms with Crippen molar-refractivity contribution in [1.82, 2.24) is 25.4 Å². The number of alkyl halides is 3. The Morgan fingerprint density at radius 2 is 1.71 bits per heavy atom. The van der Waals surface area contributed by atoms with Crippen molar-refractivity contribution in [1.29, 1.82) is 0 Å². The van der Waals surface area contributed by atoms with Crippen molar-refractivity contribution >= 4 is 11.8 Å². The highest BCUT2D eigenvalue weighted by Gasteiger charge is 2.35. The van der Waals surface area contributed by atoms with Crippen LogP contribution in [0.25, 0.3) is 11.1 Å². The van der Waals surface area contributed by atoms with E-state index in [1.54, 1.807) is 19.1 Å². The zero-order valence-electron chi connectivity index (χ0n) is 22.3. The highest BCUT2D eigenvalue weighted by atomic mass is 19.4. The van der Waals surface area contributed by atoms with Gasteiger partial charge in [0.2, 0.25) is 5.91 Å². The van der Waals surface area contributed by atoms with Crippen LogP contribution in [0.4, 0.5) is 26.3 Å². The molecule has 0 saturated heterocycles. The van der Waals surface area contributed by atoms with Crippen LogP contribution in [-0.2, 0) is 17.4 Å². The number of amides is 2. The Morgan fingerprint density at radius 1 is 1.00 bits per heavy atom. The van der Waals surface area contributed by atoms with Crippen LogP contribution in [0, 0.1) is 17.5 Å². The second kappa shape index (κ2) is 12.5. The molecular weight excluding hydrogens is 564 g/mol. The van der Waals surface area contributed by atoms with Crippen LogP contribution in [0.5, 0.6) is 0 Å². The maximum Gasteiger partial charge on any atom is 0.435 e. The average molecular weight is 590 g/mol. The fraction of sp³-hybridized carbons (Fsp3) is 0.241. The molecule has 0 saturated carbocycles. The van der Waals surface area contributed by atoms with Crippen molar-refractivity contribution in [3.05, 3.63) is 107 Å². The van der Waals surface area contributed by atoms with Crippen LogP contribution in [-0.4, -0.2) is 33.6 Å². The SMILES string of the molecule is CCC(C(=O)N[C@@H](Cc1cc(F)cc(F)c1)c1ncccc1-c1ccc(F)c(C(=O)NC)c1)n1ccc(C(F)(F)F)n1. The van der Waals surface area contributed by atoms with Gasteiger partial charge in [0.1, 0.15) is 23.5 Å². The summed E-state index contributed by atoms with van der Waals surface area (Å²) in [4.78, 5) is 30.1. The zero-order valence-corrected chi connectivity index (χ0v) is 22.3. The molecule has 2 amide bonds. The molecule has 0 radical (unpaired) electrons. The molecule has 13 heteroatoms. The minimum absolute atomic E-state index is 0.0641. The Hall–Kier alpha value is -4.68. The van der Waals surface area contributed by atoms with E-state index in [2.05, 4.69) is 20.7 Å². The Labute approximate surface area is 236 Å². The Kier molecular flexibility index (Phi) is 8.98. The third-order valence-electron chi connectivity index (χ3n) is 6.50. The molecule has 2 N–H and O–H groups in total. The monoisotopic (exact) mass is 589 g/mol. The van der Waals surface area contributed by atoms with Gasteiger partial charge in [0.05, 0.1) is 17.3 Å². The molecule has 0 aliphatic rings. The summed E-state index contributed by atoms with van der Waals surface area (Å²) >= 11 is 0. The van der Waals surface area contributed by atoms with Crippen molar-refractivity contribution in [2.24, 2.45) is 0 Å². The Balaban J connectivity index is 1.77. The molecule has 42 heavy (non-hydrogen) atoms. The van der Waals surface area contributed by atoms with E-state index in [-0.39, 0.29) is 29.7 Å². The van der Waals surface area contributed by atoms with E-state index < -0.39 is 53.2 Å². The molecule has 2 heterocycles. The predicted molar refractivity (Wildman–Crippen MR) is 141 cm³/mol. The standard InChI is InChI=1S/C29H25F6N5O2/c1-3-24(40-10-8-25(39-40)29(33,34)35)28(42)38-23(13-16-11-18(30)15-19(31)12-16)26-20(5-4-9-37-26)17-6-7-22(32)21(14-17)27(41)36-2/h4-12,14-15,23-24H,3,13H2,1-2H3,(H,36,41)(H,38,42)/t23-,24?/m0/s1. The van der Waals surface area contributed by atoms with Crippen LogP contribution in [0.1, 0.15) is 52.7 Å². The second-order valence-corrected chi connectivity index (χ2v) is 9.36. The van der Waals surface area contributed by atoms with Crippen molar-refractivity contribution in [3.8, 4) is 11.1 Å². The van der Waals surface area contributed by atoms with Gasteiger partial charge in [-0.15, -0.1) is 0 Å². The van der Waals surface area contributed by atoms with Gasteiger partial charge in [-0.05, 0) is 60.4 Å². The van der Waals surface area contributed by atoms with Gasteiger partial charge in [-0.2, -0.15) is 18.3 Å². The van der Waals surface area contributed by atoms with Crippen LogP contribution in [0.15, 0.2) is 67.0 Å². The van der Waals surface area contributed by atoms with E-state index in [4.69, 9.17) is 0 Å². The highest BCUT2D eigenvalue weighted by molar-refractivity contribution is 5.95. The molecule has 0 bridgehead atoms. The lowest BCUT2D eigenvalue weighted by atomic mass is 9.94. The van der Waals surface area contributed by atoms with Gasteiger partial charge in [-0.1, -0.05) is 19.1 Å². The molecule has 0 aliphatic heterocycles. The number of carbonyl (C=O) groups excluding carboxylic acids is 2. The minimum atomic E-state index is -4.71. The first-order chi connectivity index (χ1) is 19.9. The molecule has 7 nitrogen and oxygen atoms in total. The van der Waals surface area contributed by atoms with Gasteiger partial charge in [0.15, 0.2) is 5.69 Å². The summed E-state index contributed by atoms with van der Waals surface area (Å²) in [6.07, 6.45) is -2.37. The fourth-order valence-corrected chi connectivity index (χ4v) is 4.54. The highest BCUT2D eigenvalue weighted by Crippen LogP contribution is 2.32. The molecule has 0 fully saturated rings. The molecule has 2 atom stereocenters. The lowest BCUT2D eigenvalue weighted by Crippen LogP contribution is -2.37. The summed E-state index contributed by atoms with van der Waals surface area (Å²) in [5.74, 6) is -3.88. The molecular formula is C29H25F6N5O2. The predicted octanol–water partition coefficient (Wildman–Crippen LogP) is 5.79. The number of carbonyl (C=O) groups is 2. The largest absolute Gasteiger partial charge is 0.435 e. The van der Waals surface area contributed by atoms with Gasteiger partial charge in [-0.3, -0.25) is 19.3 Å². The molecule has 1 unspecified atom stereocenters. The van der Waals surface area contributed by atoms with E-state index in [9.17, 15) is 35.9 Å². The van der Waals surface area contributed by atoms with Crippen molar-refractivity contribution < 1.29 is 35.9 Å². The van der Waals surface area contributed by atoms with Gasteiger partial charge in [0.25, 0.3) is 5.91 Å². The van der Waals surface area contributed by atoms with E-state index in [1.165, 1.54) is 25.4 Å². The molecule has 2 aromatic carbocycles. The number of pyridine rings is 1. The number of halogens is 6.